The van der Waals surface area contributed by atoms with Gasteiger partial charge in [0.25, 0.3) is 0 Å². The third kappa shape index (κ3) is 2.54. The van der Waals surface area contributed by atoms with E-state index in [1.165, 1.54) is 0 Å². The van der Waals surface area contributed by atoms with Gasteiger partial charge in [0.05, 0.1) is 5.75 Å². The fourth-order valence-corrected chi connectivity index (χ4v) is 2.41. The van der Waals surface area contributed by atoms with Crippen LogP contribution >= 0.6 is 11.6 Å². The summed E-state index contributed by atoms with van der Waals surface area (Å²) in [6.45, 7) is 0. The number of hydrogen-bond donors (Lipinski definition) is 0. The van der Waals surface area contributed by atoms with E-state index < -0.39 is 11.1 Å². The maximum atomic E-state index is 11.5. The Kier molecular flexibility index (Phi) is 3.80. The molecule has 0 heterocycles. The summed E-state index contributed by atoms with van der Waals surface area (Å²) in [5.74, 6) is 1.31. The molecule has 0 aliphatic heterocycles. The van der Waals surface area contributed by atoms with Crippen LogP contribution < -0.4 is 4.18 Å². The van der Waals surface area contributed by atoms with Crippen molar-refractivity contribution in [1.29, 1.82) is 0 Å². The van der Waals surface area contributed by atoms with Crippen LogP contribution in [0, 0.1) is 0 Å². The van der Waals surface area contributed by atoms with E-state index in [-0.39, 0.29) is 0 Å². The molecule has 0 spiro atoms. The fraction of sp³-hybridized carbons (Fsp3) is 0.167. The average molecular weight is 255 g/mol. The Bertz CT molecular complexity index is 508. The molecule has 0 saturated carbocycles. The number of hydrogen-bond acceptors (Lipinski definition) is 2. The second-order valence-electron chi connectivity index (χ2n) is 3.26. The highest BCUT2D eigenvalue weighted by molar-refractivity contribution is 7.80. The van der Waals surface area contributed by atoms with Gasteiger partial charge < -0.3 is 4.18 Å². The number of rotatable bonds is 4. The Morgan fingerprint density at radius 2 is 1.88 bits per heavy atom. The van der Waals surface area contributed by atoms with Gasteiger partial charge in [-0.2, -0.15) is 0 Å². The van der Waals surface area contributed by atoms with Crippen molar-refractivity contribution in [3.8, 4) is 5.75 Å². The topological polar surface area (TPSA) is 26.3 Å². The zero-order valence-corrected chi connectivity index (χ0v) is 10.1. The van der Waals surface area contributed by atoms with Crippen LogP contribution in [0.1, 0.15) is 0 Å². The quantitative estimate of drug-likeness (QED) is 0.784. The second-order valence-corrected chi connectivity index (χ2v) is 4.82. The molecule has 84 valence electrons. The summed E-state index contributed by atoms with van der Waals surface area (Å²) >= 11 is 4.15. The Labute approximate surface area is 102 Å². The lowest BCUT2D eigenvalue weighted by Gasteiger charge is -2.06. The maximum Gasteiger partial charge on any atom is 0.207 e. The van der Waals surface area contributed by atoms with Gasteiger partial charge in [-0.05, 0) is 11.5 Å². The van der Waals surface area contributed by atoms with Crippen molar-refractivity contribution in [3.63, 3.8) is 0 Å². The molecule has 0 amide bonds. The van der Waals surface area contributed by atoms with E-state index in [1.54, 1.807) is 0 Å². The predicted molar refractivity (Wildman–Crippen MR) is 68.3 cm³/mol. The number of halogens is 1. The zero-order chi connectivity index (χ0) is 11.4. The molecule has 4 heteroatoms. The van der Waals surface area contributed by atoms with E-state index in [2.05, 4.69) is 0 Å². The van der Waals surface area contributed by atoms with Crippen LogP contribution in [0.3, 0.4) is 0 Å². The van der Waals surface area contributed by atoms with Gasteiger partial charge in [0.15, 0.2) is 0 Å². The van der Waals surface area contributed by atoms with E-state index in [0.29, 0.717) is 17.4 Å². The highest BCUT2D eigenvalue weighted by Gasteiger charge is 2.05. The third-order valence-electron chi connectivity index (χ3n) is 2.18. The van der Waals surface area contributed by atoms with Crippen LogP contribution in [0.2, 0.25) is 0 Å². The van der Waals surface area contributed by atoms with Gasteiger partial charge in [-0.25, -0.2) is 4.21 Å². The minimum Gasteiger partial charge on any atom is -0.400 e. The van der Waals surface area contributed by atoms with Gasteiger partial charge >= 0.3 is 0 Å². The number of fused-ring (bicyclic) bond motifs is 1. The predicted octanol–water partition coefficient (Wildman–Crippen LogP) is 3.12. The monoisotopic (exact) mass is 254 g/mol. The van der Waals surface area contributed by atoms with Crippen LogP contribution in [0.15, 0.2) is 42.5 Å². The van der Waals surface area contributed by atoms with E-state index in [4.69, 9.17) is 15.8 Å². The molecule has 0 aliphatic carbocycles. The SMILES string of the molecule is O=S(CCCl)Oc1cccc2ccccc12. The van der Waals surface area contributed by atoms with Gasteiger partial charge in [-0.15, -0.1) is 11.6 Å². The lowest BCUT2D eigenvalue weighted by molar-refractivity contribution is 0.567. The first kappa shape index (κ1) is 11.4. The van der Waals surface area contributed by atoms with E-state index in [0.717, 1.165) is 10.8 Å². The van der Waals surface area contributed by atoms with Crippen LogP contribution in [-0.4, -0.2) is 15.8 Å². The van der Waals surface area contributed by atoms with Crippen molar-refractivity contribution < 1.29 is 8.39 Å². The summed E-state index contributed by atoms with van der Waals surface area (Å²) in [6, 6.07) is 13.5. The van der Waals surface area contributed by atoms with Crippen molar-refractivity contribution >= 4 is 33.5 Å². The molecule has 0 aromatic heterocycles. The van der Waals surface area contributed by atoms with Crippen molar-refractivity contribution in [1.82, 2.24) is 0 Å². The molecule has 1 unspecified atom stereocenters. The maximum absolute atomic E-state index is 11.5. The summed E-state index contributed by atoms with van der Waals surface area (Å²) in [4.78, 5) is 0. The van der Waals surface area contributed by atoms with Gasteiger partial charge in [-0.3, -0.25) is 0 Å². The highest BCUT2D eigenvalue weighted by Crippen LogP contribution is 2.25. The molecule has 1 atom stereocenters. The molecule has 0 saturated heterocycles. The first-order chi connectivity index (χ1) is 7.81. The van der Waals surface area contributed by atoms with Crippen LogP contribution in [-0.2, 0) is 11.1 Å². The van der Waals surface area contributed by atoms with Crippen LogP contribution in [0.4, 0.5) is 0 Å². The molecule has 2 nitrogen and oxygen atoms in total. The summed E-state index contributed by atoms with van der Waals surface area (Å²) in [7, 11) is 0. The molecule has 2 rings (SSSR count). The van der Waals surface area contributed by atoms with Crippen molar-refractivity contribution in [2.45, 2.75) is 0 Å². The molecule has 2 aromatic rings. The van der Waals surface area contributed by atoms with E-state index in [9.17, 15) is 4.21 Å². The zero-order valence-electron chi connectivity index (χ0n) is 8.56. The Hall–Kier alpha value is -1.06. The summed E-state index contributed by atoms with van der Waals surface area (Å²) in [6.07, 6.45) is 0. The van der Waals surface area contributed by atoms with Crippen molar-refractivity contribution in [3.05, 3.63) is 42.5 Å². The summed E-state index contributed by atoms with van der Waals surface area (Å²) in [5.41, 5.74) is 0. The largest absolute Gasteiger partial charge is 0.400 e. The highest BCUT2D eigenvalue weighted by atomic mass is 35.5. The van der Waals surface area contributed by atoms with Gasteiger partial charge in [0.1, 0.15) is 5.75 Å². The molecule has 0 bridgehead atoms. The second kappa shape index (κ2) is 5.32. The van der Waals surface area contributed by atoms with E-state index >= 15 is 0 Å². The van der Waals surface area contributed by atoms with Gasteiger partial charge in [-0.1, -0.05) is 36.4 Å². The lowest BCUT2D eigenvalue weighted by Crippen LogP contribution is -2.06. The molecule has 0 radical (unpaired) electrons. The van der Waals surface area contributed by atoms with E-state index in [1.807, 2.05) is 42.5 Å². The molecular weight excluding hydrogens is 244 g/mol. The Morgan fingerprint density at radius 3 is 2.69 bits per heavy atom. The molecular formula is C12H11ClO2S. The Balaban J connectivity index is 2.33. The van der Waals surface area contributed by atoms with Crippen LogP contribution in [0.5, 0.6) is 5.75 Å². The minimum absolute atomic E-state index is 0.331. The molecule has 0 N–H and O–H groups in total. The van der Waals surface area contributed by atoms with Crippen molar-refractivity contribution in [2.75, 3.05) is 11.6 Å². The molecule has 16 heavy (non-hydrogen) atoms. The molecule has 0 aliphatic rings. The van der Waals surface area contributed by atoms with Gasteiger partial charge in [0, 0.05) is 11.3 Å². The third-order valence-corrected chi connectivity index (χ3v) is 3.49. The lowest BCUT2D eigenvalue weighted by atomic mass is 10.1. The number of alkyl halides is 1. The summed E-state index contributed by atoms with van der Waals surface area (Å²) < 4.78 is 16.8. The average Bonchev–Trinajstić information content (AvgIpc) is 2.30. The molecule has 2 aromatic carbocycles. The first-order valence-corrected chi connectivity index (χ1v) is 6.69. The standard InChI is InChI=1S/C12H11ClO2S/c13-8-9-16(14)15-12-7-3-5-10-4-1-2-6-11(10)12/h1-7H,8-9H2. The minimum atomic E-state index is -1.36. The molecule has 0 fully saturated rings. The normalized spacial score (nSPS) is 12.6. The smallest absolute Gasteiger partial charge is 0.207 e. The number of benzene rings is 2. The van der Waals surface area contributed by atoms with Gasteiger partial charge in [0.2, 0.25) is 11.1 Å². The summed E-state index contributed by atoms with van der Waals surface area (Å²) in [5, 5.41) is 2.04. The fourth-order valence-electron chi connectivity index (χ4n) is 1.47. The van der Waals surface area contributed by atoms with Crippen LogP contribution in [0.25, 0.3) is 10.8 Å². The Morgan fingerprint density at radius 1 is 1.12 bits per heavy atom. The first-order valence-electron chi connectivity index (χ1n) is 4.91. The van der Waals surface area contributed by atoms with Crippen molar-refractivity contribution in [2.24, 2.45) is 0 Å².